The molecular formula is C27H32N4O2S. The molecule has 4 rings (SSSR count). The van der Waals surface area contributed by atoms with Crippen LogP contribution >= 0.6 is 11.8 Å². The van der Waals surface area contributed by atoms with E-state index in [1.54, 1.807) is 0 Å². The molecule has 2 atom stereocenters. The summed E-state index contributed by atoms with van der Waals surface area (Å²) in [7, 11) is 0. The quantitative estimate of drug-likeness (QED) is 0.407. The SMILES string of the molecule is CC(C)(C)OC(=O)c1ccc(CCCC2CC(Sc3ccccc3)c3nc(N)nc(N)c32)cc1. The fraction of sp³-hybridized carbons (Fsp3) is 0.370. The number of rotatable bonds is 7. The zero-order chi connectivity index (χ0) is 24.3. The van der Waals surface area contributed by atoms with Crippen molar-refractivity contribution in [2.75, 3.05) is 11.5 Å². The van der Waals surface area contributed by atoms with Gasteiger partial charge < -0.3 is 16.2 Å². The van der Waals surface area contributed by atoms with Gasteiger partial charge in [0, 0.05) is 10.5 Å². The Kier molecular flexibility index (Phi) is 7.12. The molecule has 0 saturated heterocycles. The van der Waals surface area contributed by atoms with Crippen LogP contribution in [-0.2, 0) is 11.2 Å². The number of nitrogens with two attached hydrogens (primary N) is 2. The van der Waals surface area contributed by atoms with Gasteiger partial charge in [-0.1, -0.05) is 30.3 Å². The molecule has 0 fully saturated rings. The fourth-order valence-corrected chi connectivity index (χ4v) is 5.66. The molecule has 2 unspecified atom stereocenters. The number of anilines is 2. The maximum absolute atomic E-state index is 12.2. The number of aromatic nitrogens is 2. The topological polar surface area (TPSA) is 104 Å². The summed E-state index contributed by atoms with van der Waals surface area (Å²) >= 11 is 1.81. The number of nitrogens with zero attached hydrogens (tertiary/aromatic N) is 2. The van der Waals surface area contributed by atoms with Crippen molar-refractivity contribution in [2.24, 2.45) is 0 Å². The second-order valence-corrected chi connectivity index (χ2v) is 11.0. The first-order valence-electron chi connectivity index (χ1n) is 11.7. The number of ether oxygens (including phenoxy) is 1. The first-order chi connectivity index (χ1) is 16.2. The van der Waals surface area contributed by atoms with Crippen molar-refractivity contribution in [3.8, 4) is 0 Å². The van der Waals surface area contributed by atoms with Gasteiger partial charge in [0.2, 0.25) is 5.95 Å². The van der Waals surface area contributed by atoms with Gasteiger partial charge in [0.25, 0.3) is 0 Å². The summed E-state index contributed by atoms with van der Waals surface area (Å²) in [5, 5.41) is 0.211. The predicted molar refractivity (Wildman–Crippen MR) is 138 cm³/mol. The first kappa shape index (κ1) is 24.1. The number of fused-ring (bicyclic) bond motifs is 1. The Morgan fingerprint density at radius 3 is 2.44 bits per heavy atom. The summed E-state index contributed by atoms with van der Waals surface area (Å²) in [6.45, 7) is 5.61. The molecule has 0 aliphatic heterocycles. The normalized spacial score (nSPS) is 17.4. The van der Waals surface area contributed by atoms with Gasteiger partial charge in [-0.2, -0.15) is 4.98 Å². The lowest BCUT2D eigenvalue weighted by molar-refractivity contribution is 0.00695. The van der Waals surface area contributed by atoms with E-state index in [1.165, 1.54) is 10.5 Å². The van der Waals surface area contributed by atoms with E-state index in [0.29, 0.717) is 17.3 Å². The van der Waals surface area contributed by atoms with E-state index in [-0.39, 0.29) is 17.2 Å². The van der Waals surface area contributed by atoms with Crippen molar-refractivity contribution in [2.45, 2.75) is 68.1 Å². The van der Waals surface area contributed by atoms with Gasteiger partial charge in [-0.3, -0.25) is 0 Å². The van der Waals surface area contributed by atoms with Crippen LogP contribution in [0.3, 0.4) is 0 Å². The molecule has 1 aliphatic rings. The van der Waals surface area contributed by atoms with Gasteiger partial charge in [-0.05, 0) is 82.2 Å². The van der Waals surface area contributed by atoms with Crippen molar-refractivity contribution in [1.29, 1.82) is 0 Å². The molecule has 34 heavy (non-hydrogen) atoms. The predicted octanol–water partition coefficient (Wildman–Crippen LogP) is 5.94. The largest absolute Gasteiger partial charge is 0.456 e. The van der Waals surface area contributed by atoms with Crippen LogP contribution in [0.15, 0.2) is 59.5 Å². The summed E-state index contributed by atoms with van der Waals surface area (Å²) in [5.74, 6) is 0.752. The van der Waals surface area contributed by atoms with E-state index < -0.39 is 5.60 Å². The average Bonchev–Trinajstić information content (AvgIpc) is 3.11. The summed E-state index contributed by atoms with van der Waals surface area (Å²) in [5.41, 5.74) is 15.5. The third kappa shape index (κ3) is 5.89. The fourth-order valence-electron chi connectivity index (χ4n) is 4.40. The number of carbonyl (C=O) groups is 1. The molecule has 1 heterocycles. The van der Waals surface area contributed by atoms with Gasteiger partial charge in [0.1, 0.15) is 11.4 Å². The number of aryl methyl sites for hydroxylation is 1. The van der Waals surface area contributed by atoms with Crippen molar-refractivity contribution < 1.29 is 9.53 Å². The van der Waals surface area contributed by atoms with Crippen molar-refractivity contribution in [3.05, 3.63) is 77.0 Å². The minimum atomic E-state index is -0.500. The van der Waals surface area contributed by atoms with Crippen molar-refractivity contribution >= 4 is 29.5 Å². The first-order valence-corrected chi connectivity index (χ1v) is 12.5. The van der Waals surface area contributed by atoms with Crippen LogP contribution < -0.4 is 11.5 Å². The smallest absolute Gasteiger partial charge is 0.338 e. The van der Waals surface area contributed by atoms with Crippen molar-refractivity contribution in [3.63, 3.8) is 0 Å². The molecule has 178 valence electrons. The summed E-state index contributed by atoms with van der Waals surface area (Å²) < 4.78 is 5.44. The standard InChI is InChI=1S/C27H32N4O2S/c1-27(2,3)33-25(32)18-14-12-17(13-15-18)8-7-9-19-16-21(34-20-10-5-4-6-11-20)23-22(19)24(28)31-26(29)30-23/h4-6,10-15,19,21H,7-9,16H2,1-3H3,(H4,28,29,30,31). The molecule has 0 spiro atoms. The third-order valence-corrected chi connectivity index (χ3v) is 7.11. The maximum Gasteiger partial charge on any atom is 0.338 e. The molecule has 6 nitrogen and oxygen atoms in total. The number of thioether (sulfide) groups is 1. The molecule has 0 saturated carbocycles. The minimum absolute atomic E-state index is 0.211. The lowest BCUT2D eigenvalue weighted by Gasteiger charge is -2.19. The summed E-state index contributed by atoms with van der Waals surface area (Å²) in [4.78, 5) is 22.3. The summed E-state index contributed by atoms with van der Waals surface area (Å²) in [6, 6.07) is 18.1. The second-order valence-electron chi connectivity index (χ2n) is 9.71. The molecule has 0 bridgehead atoms. The number of hydrogen-bond acceptors (Lipinski definition) is 7. The molecule has 1 aromatic heterocycles. The molecular weight excluding hydrogens is 444 g/mol. The van der Waals surface area contributed by atoms with E-state index in [1.807, 2.05) is 75.0 Å². The highest BCUT2D eigenvalue weighted by Gasteiger charge is 2.35. The summed E-state index contributed by atoms with van der Waals surface area (Å²) in [6.07, 6.45) is 3.88. The molecule has 4 N–H and O–H groups in total. The van der Waals surface area contributed by atoms with Gasteiger partial charge in [-0.25, -0.2) is 9.78 Å². The molecule has 0 radical (unpaired) electrons. The number of nitrogen functional groups attached to an aromatic ring is 2. The molecule has 0 amide bonds. The zero-order valence-corrected chi connectivity index (χ0v) is 20.8. The van der Waals surface area contributed by atoms with Crippen LogP contribution in [0, 0.1) is 0 Å². The van der Waals surface area contributed by atoms with E-state index in [9.17, 15) is 4.79 Å². The molecule has 7 heteroatoms. The van der Waals surface area contributed by atoms with Crippen LogP contribution in [0.1, 0.15) is 78.4 Å². The number of carbonyl (C=O) groups excluding carboxylic acids is 1. The molecule has 1 aliphatic carbocycles. The van der Waals surface area contributed by atoms with Crippen LogP contribution in [0.25, 0.3) is 0 Å². The Hall–Kier alpha value is -3.06. The monoisotopic (exact) mass is 476 g/mol. The van der Waals surface area contributed by atoms with E-state index in [4.69, 9.17) is 16.2 Å². The Labute approximate surface area is 205 Å². The highest BCUT2D eigenvalue weighted by molar-refractivity contribution is 7.99. The lowest BCUT2D eigenvalue weighted by Crippen LogP contribution is -2.23. The van der Waals surface area contributed by atoms with Gasteiger partial charge in [-0.15, -0.1) is 11.8 Å². The Bertz CT molecular complexity index is 1140. The Morgan fingerprint density at radius 1 is 1.06 bits per heavy atom. The van der Waals surface area contributed by atoms with Gasteiger partial charge >= 0.3 is 5.97 Å². The van der Waals surface area contributed by atoms with E-state index in [0.717, 1.165) is 36.9 Å². The lowest BCUT2D eigenvalue weighted by atomic mass is 9.94. The number of benzene rings is 2. The van der Waals surface area contributed by atoms with Gasteiger partial charge in [0.15, 0.2) is 0 Å². The zero-order valence-electron chi connectivity index (χ0n) is 20.0. The van der Waals surface area contributed by atoms with Crippen molar-refractivity contribution in [1.82, 2.24) is 9.97 Å². The number of hydrogen-bond donors (Lipinski definition) is 2. The second kappa shape index (κ2) is 10.1. The van der Waals surface area contributed by atoms with E-state index in [2.05, 4.69) is 22.1 Å². The average molecular weight is 477 g/mol. The highest BCUT2D eigenvalue weighted by atomic mass is 32.2. The van der Waals surface area contributed by atoms with Crippen LogP contribution in [0.2, 0.25) is 0 Å². The highest BCUT2D eigenvalue weighted by Crippen LogP contribution is 2.52. The third-order valence-electron chi connectivity index (χ3n) is 5.86. The van der Waals surface area contributed by atoms with Gasteiger partial charge in [0.05, 0.1) is 16.5 Å². The maximum atomic E-state index is 12.2. The van der Waals surface area contributed by atoms with Crippen LogP contribution in [0.4, 0.5) is 11.8 Å². The van der Waals surface area contributed by atoms with Crippen LogP contribution in [-0.4, -0.2) is 21.5 Å². The number of esters is 1. The Morgan fingerprint density at radius 2 is 1.76 bits per heavy atom. The molecule has 3 aromatic rings. The molecule has 2 aromatic carbocycles. The van der Waals surface area contributed by atoms with E-state index >= 15 is 0 Å². The van der Waals surface area contributed by atoms with Crippen LogP contribution in [0.5, 0.6) is 0 Å². The minimum Gasteiger partial charge on any atom is -0.456 e. The Balaban J connectivity index is 1.40.